The number of carbonyl (C=O) groups excluding carboxylic acids is 3. The minimum atomic E-state index is -4.58. The number of halogens is 4. The Morgan fingerprint density at radius 2 is 1.76 bits per heavy atom. The molecule has 1 saturated heterocycles. The summed E-state index contributed by atoms with van der Waals surface area (Å²) in [6.45, 7) is -0.468. The van der Waals surface area contributed by atoms with Gasteiger partial charge in [0, 0.05) is 21.8 Å². The number of ether oxygens (including phenoxy) is 1. The Bertz CT molecular complexity index is 1390. The Balaban J connectivity index is 1.45. The summed E-state index contributed by atoms with van der Waals surface area (Å²) in [4.78, 5) is 38.5. The second-order valence-electron chi connectivity index (χ2n) is 7.81. The lowest BCUT2D eigenvalue weighted by molar-refractivity contribution is -0.137. The van der Waals surface area contributed by atoms with Crippen LogP contribution < -0.4 is 10.1 Å². The average Bonchev–Trinajstić information content (AvgIpc) is 3.11. The number of nitrogens with zero attached hydrogens (tertiary/aromatic N) is 1. The molecule has 3 aromatic carbocycles. The predicted octanol–water partition coefficient (Wildman–Crippen LogP) is 6.61. The first-order valence-electron chi connectivity index (χ1n) is 10.8. The van der Waals surface area contributed by atoms with Crippen LogP contribution in [0.4, 0.5) is 23.7 Å². The van der Waals surface area contributed by atoms with Crippen molar-refractivity contribution < 1.29 is 32.3 Å². The van der Waals surface area contributed by atoms with Crippen molar-refractivity contribution in [3.63, 3.8) is 0 Å². The van der Waals surface area contributed by atoms with Gasteiger partial charge in [0.05, 0.1) is 10.5 Å². The molecular weight excluding hydrogens is 529 g/mol. The van der Waals surface area contributed by atoms with Crippen LogP contribution in [0, 0.1) is 0 Å². The summed E-state index contributed by atoms with van der Waals surface area (Å²) >= 11 is 6.82. The first kappa shape index (κ1) is 26.3. The molecule has 3 aromatic rings. The Hall–Kier alpha value is -3.76. The van der Waals surface area contributed by atoms with Crippen LogP contribution in [0.25, 0.3) is 6.08 Å². The largest absolute Gasteiger partial charge is 0.488 e. The molecule has 3 amide bonds. The zero-order chi connectivity index (χ0) is 26.6. The van der Waals surface area contributed by atoms with E-state index in [2.05, 4.69) is 5.32 Å². The Morgan fingerprint density at radius 1 is 1.03 bits per heavy atom. The molecule has 1 fully saturated rings. The molecule has 1 aliphatic rings. The molecule has 0 spiro atoms. The van der Waals surface area contributed by atoms with Crippen LogP contribution in [0.2, 0.25) is 5.02 Å². The monoisotopic (exact) mass is 546 g/mol. The van der Waals surface area contributed by atoms with Crippen LogP contribution in [-0.2, 0) is 22.4 Å². The Kier molecular flexibility index (Phi) is 7.89. The van der Waals surface area contributed by atoms with Crippen LogP contribution in [0.15, 0.2) is 77.7 Å². The number of anilines is 1. The number of thioether (sulfide) groups is 1. The van der Waals surface area contributed by atoms with Gasteiger partial charge in [-0.25, -0.2) is 0 Å². The zero-order valence-corrected chi connectivity index (χ0v) is 20.5. The summed E-state index contributed by atoms with van der Waals surface area (Å²) in [5, 5.41) is 2.16. The van der Waals surface area contributed by atoms with Gasteiger partial charge in [-0.05, 0) is 48.2 Å². The van der Waals surface area contributed by atoms with E-state index in [0.717, 1.165) is 28.7 Å². The molecule has 4 rings (SSSR count). The highest BCUT2D eigenvalue weighted by molar-refractivity contribution is 8.18. The molecule has 0 aromatic heterocycles. The second kappa shape index (κ2) is 11.1. The van der Waals surface area contributed by atoms with Crippen molar-refractivity contribution in [1.29, 1.82) is 0 Å². The van der Waals surface area contributed by atoms with E-state index in [9.17, 15) is 27.6 Å². The lowest BCUT2D eigenvalue weighted by atomic mass is 10.1. The molecule has 0 aliphatic carbocycles. The van der Waals surface area contributed by atoms with E-state index >= 15 is 0 Å². The highest BCUT2D eigenvalue weighted by atomic mass is 35.5. The third-order valence-corrected chi connectivity index (χ3v) is 6.47. The third-order valence-electron chi connectivity index (χ3n) is 5.20. The molecule has 0 bridgehead atoms. The Labute approximate surface area is 219 Å². The van der Waals surface area contributed by atoms with Crippen molar-refractivity contribution in [3.05, 3.63) is 99.4 Å². The fraction of sp³-hybridized carbons (Fsp3) is 0.115. The minimum absolute atomic E-state index is 0.0747. The van der Waals surface area contributed by atoms with Gasteiger partial charge in [0.25, 0.3) is 11.1 Å². The molecule has 0 unspecified atom stereocenters. The number of para-hydroxylation sites is 1. The number of nitrogens with one attached hydrogen (secondary N) is 1. The second-order valence-corrected chi connectivity index (χ2v) is 9.21. The van der Waals surface area contributed by atoms with Crippen LogP contribution in [0.5, 0.6) is 5.75 Å². The third kappa shape index (κ3) is 6.52. The molecule has 11 heteroatoms. The van der Waals surface area contributed by atoms with Gasteiger partial charge in [-0.3, -0.25) is 19.3 Å². The number of rotatable bonds is 7. The maximum absolute atomic E-state index is 12.9. The van der Waals surface area contributed by atoms with Crippen LogP contribution in [0.3, 0.4) is 0 Å². The summed E-state index contributed by atoms with van der Waals surface area (Å²) in [6.07, 6.45) is -3.09. The van der Waals surface area contributed by atoms with Gasteiger partial charge in [-0.1, -0.05) is 54.1 Å². The fourth-order valence-electron chi connectivity index (χ4n) is 3.40. The smallest absolute Gasteiger partial charge is 0.416 e. The van der Waals surface area contributed by atoms with Crippen molar-refractivity contribution >= 4 is 52.2 Å². The number of hydrogen-bond donors (Lipinski definition) is 1. The number of alkyl halides is 3. The van der Waals surface area contributed by atoms with Crippen LogP contribution in [0.1, 0.15) is 16.7 Å². The van der Waals surface area contributed by atoms with Crippen molar-refractivity contribution in [3.8, 4) is 5.75 Å². The van der Waals surface area contributed by atoms with Crippen molar-refractivity contribution in [2.45, 2.75) is 12.8 Å². The van der Waals surface area contributed by atoms with Gasteiger partial charge in [0.1, 0.15) is 18.9 Å². The minimum Gasteiger partial charge on any atom is -0.488 e. The Morgan fingerprint density at radius 3 is 2.51 bits per heavy atom. The number of carbonyl (C=O) groups is 3. The quantitative estimate of drug-likeness (QED) is 0.337. The lowest BCUT2D eigenvalue weighted by Crippen LogP contribution is -2.36. The summed E-state index contributed by atoms with van der Waals surface area (Å²) < 4.78 is 44.6. The van der Waals surface area contributed by atoms with E-state index in [-0.39, 0.29) is 17.2 Å². The lowest BCUT2D eigenvalue weighted by Gasteiger charge is -2.13. The zero-order valence-electron chi connectivity index (χ0n) is 18.9. The summed E-state index contributed by atoms with van der Waals surface area (Å²) in [7, 11) is 0. The highest BCUT2D eigenvalue weighted by Gasteiger charge is 2.36. The molecule has 1 heterocycles. The first-order chi connectivity index (χ1) is 17.6. The van der Waals surface area contributed by atoms with E-state index in [1.807, 2.05) is 12.1 Å². The van der Waals surface area contributed by atoms with E-state index in [4.69, 9.17) is 16.3 Å². The van der Waals surface area contributed by atoms with Crippen molar-refractivity contribution in [2.24, 2.45) is 0 Å². The highest BCUT2D eigenvalue weighted by Crippen LogP contribution is 2.34. The SMILES string of the molecule is O=C(CN1C(=O)S/C(=C\c2ccccc2OCc2ccccc2Cl)C1=O)Nc1cccc(C(F)(F)F)c1. The molecular formula is C26H18ClF3N2O4S. The van der Waals surface area contributed by atoms with E-state index in [1.165, 1.54) is 12.1 Å². The molecule has 1 N–H and O–H groups in total. The molecule has 0 atom stereocenters. The topological polar surface area (TPSA) is 75.7 Å². The molecule has 1 aliphatic heterocycles. The standard InChI is InChI=1S/C26H18ClF3N2O4S/c27-20-10-3-1-7-17(20)15-36-21-11-4-2-6-16(21)12-22-24(34)32(25(35)37-22)14-23(33)31-19-9-5-8-18(13-19)26(28,29)30/h1-13H,14-15H2,(H,31,33)/b22-12-. The number of hydrogen-bond acceptors (Lipinski definition) is 5. The predicted molar refractivity (Wildman–Crippen MR) is 135 cm³/mol. The number of benzene rings is 3. The fourth-order valence-corrected chi connectivity index (χ4v) is 4.42. The maximum Gasteiger partial charge on any atom is 0.416 e. The van der Waals surface area contributed by atoms with Gasteiger partial charge < -0.3 is 10.1 Å². The normalized spacial score (nSPS) is 14.8. The van der Waals surface area contributed by atoms with Crippen LogP contribution >= 0.6 is 23.4 Å². The van der Waals surface area contributed by atoms with Crippen molar-refractivity contribution in [1.82, 2.24) is 4.90 Å². The van der Waals surface area contributed by atoms with E-state index in [1.54, 1.807) is 36.4 Å². The maximum atomic E-state index is 12.9. The summed E-state index contributed by atoms with van der Waals surface area (Å²) in [5.74, 6) is -1.06. The molecule has 37 heavy (non-hydrogen) atoms. The summed E-state index contributed by atoms with van der Waals surface area (Å²) in [6, 6.07) is 18.2. The van der Waals surface area contributed by atoms with E-state index < -0.39 is 35.3 Å². The van der Waals surface area contributed by atoms with Gasteiger partial charge in [0.15, 0.2) is 0 Å². The number of imide groups is 1. The first-order valence-corrected chi connectivity index (χ1v) is 12.0. The number of amides is 3. The van der Waals surface area contributed by atoms with Gasteiger partial charge in [-0.2, -0.15) is 13.2 Å². The van der Waals surface area contributed by atoms with Crippen LogP contribution in [-0.4, -0.2) is 28.5 Å². The molecule has 190 valence electrons. The van der Waals surface area contributed by atoms with Gasteiger partial charge >= 0.3 is 6.18 Å². The van der Waals surface area contributed by atoms with Gasteiger partial charge in [0.2, 0.25) is 5.91 Å². The average molecular weight is 547 g/mol. The van der Waals surface area contributed by atoms with Gasteiger partial charge in [-0.15, -0.1) is 0 Å². The molecule has 0 radical (unpaired) electrons. The molecule has 6 nitrogen and oxygen atoms in total. The van der Waals surface area contributed by atoms with Crippen molar-refractivity contribution in [2.75, 3.05) is 11.9 Å². The van der Waals surface area contributed by atoms with E-state index in [0.29, 0.717) is 28.1 Å². The summed E-state index contributed by atoms with van der Waals surface area (Å²) in [5.41, 5.74) is 0.265. The molecule has 0 saturated carbocycles.